The number of amides is 1. The average Bonchev–Trinajstić information content (AvgIpc) is 2.84. The van der Waals surface area contributed by atoms with E-state index in [9.17, 15) is 4.79 Å². The molecule has 7 heteroatoms. The van der Waals surface area contributed by atoms with Crippen molar-refractivity contribution in [3.8, 4) is 5.75 Å². The van der Waals surface area contributed by atoms with Gasteiger partial charge in [-0.25, -0.2) is 4.98 Å². The van der Waals surface area contributed by atoms with Gasteiger partial charge < -0.3 is 19.9 Å². The summed E-state index contributed by atoms with van der Waals surface area (Å²) < 4.78 is 5.49. The van der Waals surface area contributed by atoms with Crippen LogP contribution in [0.2, 0.25) is 0 Å². The fraction of sp³-hybridized carbons (Fsp3) is 0.542. The van der Waals surface area contributed by atoms with Crippen LogP contribution in [-0.2, 0) is 11.2 Å². The average molecular weight is 422 g/mol. The standard InChI is InChI=1S/C24H31N5O2/c1-31-19-8-7-17-13-20(24(30)27-18-5-3-2-4-6-18)22-16-28(23-15-25-9-10-26-23)11-12-29(22)21(17)14-19/h7-10,14-15,18,20,22H,2-6,11-13,16H2,1H3,(H,27,30)/t20-,22-/m0/s1. The zero-order valence-electron chi connectivity index (χ0n) is 18.2. The maximum atomic E-state index is 13.5. The Labute approximate surface area is 183 Å². The van der Waals surface area contributed by atoms with Crippen molar-refractivity contribution < 1.29 is 9.53 Å². The molecule has 3 aliphatic rings. The minimum absolute atomic E-state index is 0.0812. The van der Waals surface area contributed by atoms with Gasteiger partial charge in [0.1, 0.15) is 11.6 Å². The molecule has 2 aromatic rings. The number of carbonyl (C=O) groups is 1. The third-order valence-corrected chi connectivity index (χ3v) is 7.09. The van der Waals surface area contributed by atoms with Gasteiger partial charge in [-0.3, -0.25) is 9.78 Å². The summed E-state index contributed by atoms with van der Waals surface area (Å²) in [5.41, 5.74) is 2.43. The van der Waals surface area contributed by atoms with Gasteiger partial charge in [-0.1, -0.05) is 25.3 Å². The van der Waals surface area contributed by atoms with Crippen LogP contribution in [0.1, 0.15) is 37.7 Å². The van der Waals surface area contributed by atoms with Crippen molar-refractivity contribution in [1.29, 1.82) is 0 Å². The van der Waals surface area contributed by atoms with Gasteiger partial charge in [0.15, 0.2) is 0 Å². The van der Waals surface area contributed by atoms with E-state index in [2.05, 4.69) is 37.2 Å². The first-order valence-corrected chi connectivity index (χ1v) is 11.5. The number of anilines is 2. The van der Waals surface area contributed by atoms with E-state index in [1.807, 2.05) is 12.3 Å². The zero-order chi connectivity index (χ0) is 21.2. The van der Waals surface area contributed by atoms with Gasteiger partial charge in [0.2, 0.25) is 5.91 Å². The van der Waals surface area contributed by atoms with E-state index in [1.54, 1.807) is 19.5 Å². The summed E-state index contributed by atoms with van der Waals surface area (Å²) in [7, 11) is 1.70. The monoisotopic (exact) mass is 421 g/mol. The lowest BCUT2D eigenvalue weighted by molar-refractivity contribution is -0.126. The first-order valence-electron chi connectivity index (χ1n) is 11.5. The Morgan fingerprint density at radius 3 is 2.81 bits per heavy atom. The van der Waals surface area contributed by atoms with Crippen LogP contribution in [0, 0.1) is 5.92 Å². The first kappa shape index (κ1) is 20.1. The van der Waals surface area contributed by atoms with Gasteiger partial charge in [0, 0.05) is 49.8 Å². The van der Waals surface area contributed by atoms with Crippen LogP contribution in [0.5, 0.6) is 5.75 Å². The van der Waals surface area contributed by atoms with Crippen LogP contribution in [0.4, 0.5) is 11.5 Å². The number of hydrogen-bond acceptors (Lipinski definition) is 6. The molecule has 1 aliphatic carbocycles. The quantitative estimate of drug-likeness (QED) is 0.819. The molecule has 1 amide bonds. The molecule has 1 aromatic carbocycles. The van der Waals surface area contributed by atoms with Gasteiger partial charge in [-0.15, -0.1) is 0 Å². The van der Waals surface area contributed by atoms with Gasteiger partial charge in [0.05, 0.1) is 25.3 Å². The number of benzene rings is 1. The highest BCUT2D eigenvalue weighted by atomic mass is 16.5. The molecule has 0 radical (unpaired) electrons. The molecule has 2 fully saturated rings. The molecule has 0 spiro atoms. The number of piperazine rings is 1. The normalized spacial score (nSPS) is 23.6. The van der Waals surface area contributed by atoms with Gasteiger partial charge in [-0.05, 0) is 30.9 Å². The largest absolute Gasteiger partial charge is 0.497 e. The van der Waals surface area contributed by atoms with Crippen molar-refractivity contribution in [2.24, 2.45) is 5.92 Å². The highest BCUT2D eigenvalue weighted by Crippen LogP contribution is 2.38. The van der Waals surface area contributed by atoms with Crippen molar-refractivity contribution in [3.63, 3.8) is 0 Å². The summed E-state index contributed by atoms with van der Waals surface area (Å²) in [6, 6.07) is 6.67. The number of methoxy groups -OCH3 is 1. The molecular formula is C24H31N5O2. The first-order chi connectivity index (χ1) is 15.2. The molecule has 5 rings (SSSR count). The number of aromatic nitrogens is 2. The summed E-state index contributed by atoms with van der Waals surface area (Å²) in [5, 5.41) is 3.39. The fourth-order valence-electron chi connectivity index (χ4n) is 5.42. The summed E-state index contributed by atoms with van der Waals surface area (Å²) >= 11 is 0. The Balaban J connectivity index is 1.43. The number of nitrogens with zero attached hydrogens (tertiary/aromatic N) is 4. The van der Waals surface area contributed by atoms with Crippen molar-refractivity contribution in [3.05, 3.63) is 42.4 Å². The van der Waals surface area contributed by atoms with Crippen LogP contribution >= 0.6 is 0 Å². The zero-order valence-corrected chi connectivity index (χ0v) is 18.2. The van der Waals surface area contributed by atoms with E-state index >= 15 is 0 Å². The molecule has 3 heterocycles. The topological polar surface area (TPSA) is 70.6 Å². The molecule has 2 aliphatic heterocycles. The van der Waals surface area contributed by atoms with Crippen molar-refractivity contribution >= 4 is 17.4 Å². The Kier molecular flexibility index (Phi) is 5.66. The predicted molar refractivity (Wildman–Crippen MR) is 121 cm³/mol. The van der Waals surface area contributed by atoms with Gasteiger partial charge >= 0.3 is 0 Å². The predicted octanol–water partition coefficient (Wildman–Crippen LogP) is 2.80. The second kappa shape index (κ2) is 8.73. The minimum atomic E-state index is -0.0812. The van der Waals surface area contributed by atoms with Crippen LogP contribution in [0.25, 0.3) is 0 Å². The molecule has 1 saturated heterocycles. The smallest absolute Gasteiger partial charge is 0.225 e. The number of fused-ring (bicyclic) bond motifs is 3. The minimum Gasteiger partial charge on any atom is -0.497 e. The number of nitrogens with one attached hydrogen (secondary N) is 1. The van der Waals surface area contributed by atoms with E-state index in [4.69, 9.17) is 4.74 Å². The Hall–Kier alpha value is -2.83. The van der Waals surface area contributed by atoms with Gasteiger partial charge in [-0.2, -0.15) is 0 Å². The molecule has 0 unspecified atom stereocenters. The molecule has 1 aromatic heterocycles. The third-order valence-electron chi connectivity index (χ3n) is 7.09. The van der Waals surface area contributed by atoms with E-state index in [1.165, 1.54) is 30.5 Å². The highest BCUT2D eigenvalue weighted by molar-refractivity contribution is 5.82. The molecule has 2 atom stereocenters. The maximum absolute atomic E-state index is 13.5. The van der Waals surface area contributed by atoms with Crippen LogP contribution in [0.15, 0.2) is 36.8 Å². The molecular weight excluding hydrogens is 390 g/mol. The third kappa shape index (κ3) is 4.05. The number of ether oxygens (including phenoxy) is 1. The SMILES string of the molecule is COc1ccc2c(c1)N1CCN(c3cnccn3)C[C@H]1[C@@H](C(=O)NC1CCCCC1)C2. The van der Waals surface area contributed by atoms with Crippen LogP contribution < -0.4 is 19.9 Å². The number of carbonyl (C=O) groups excluding carboxylic acids is 1. The lowest BCUT2D eigenvalue weighted by atomic mass is 9.82. The van der Waals surface area contributed by atoms with E-state index in [0.29, 0.717) is 6.04 Å². The molecule has 164 valence electrons. The fourth-order valence-corrected chi connectivity index (χ4v) is 5.42. The summed E-state index contributed by atoms with van der Waals surface area (Å²) in [5.74, 6) is 1.86. The molecule has 1 N–H and O–H groups in total. The summed E-state index contributed by atoms with van der Waals surface area (Å²) in [6.07, 6.45) is 11.9. The Morgan fingerprint density at radius 1 is 1.16 bits per heavy atom. The number of hydrogen-bond donors (Lipinski definition) is 1. The summed E-state index contributed by atoms with van der Waals surface area (Å²) in [4.78, 5) is 26.9. The lowest BCUT2D eigenvalue weighted by Crippen LogP contribution is -2.62. The lowest BCUT2D eigenvalue weighted by Gasteiger charge is -2.49. The number of rotatable bonds is 4. The molecule has 1 saturated carbocycles. The Morgan fingerprint density at radius 2 is 2.03 bits per heavy atom. The second-order valence-electron chi connectivity index (χ2n) is 8.92. The molecule has 0 bridgehead atoms. The molecule has 31 heavy (non-hydrogen) atoms. The van der Waals surface area contributed by atoms with Crippen molar-refractivity contribution in [2.75, 3.05) is 36.5 Å². The van der Waals surface area contributed by atoms with E-state index in [0.717, 1.165) is 50.5 Å². The van der Waals surface area contributed by atoms with Crippen molar-refractivity contribution in [1.82, 2.24) is 15.3 Å². The van der Waals surface area contributed by atoms with Crippen LogP contribution in [0.3, 0.4) is 0 Å². The van der Waals surface area contributed by atoms with Gasteiger partial charge in [0.25, 0.3) is 0 Å². The Bertz CT molecular complexity index is 915. The van der Waals surface area contributed by atoms with Crippen LogP contribution in [-0.4, -0.2) is 54.7 Å². The second-order valence-corrected chi connectivity index (χ2v) is 8.92. The highest BCUT2D eigenvalue weighted by Gasteiger charge is 2.42. The van der Waals surface area contributed by atoms with E-state index < -0.39 is 0 Å². The molecule has 7 nitrogen and oxygen atoms in total. The van der Waals surface area contributed by atoms with E-state index in [-0.39, 0.29) is 17.9 Å². The summed E-state index contributed by atoms with van der Waals surface area (Å²) in [6.45, 7) is 2.45. The maximum Gasteiger partial charge on any atom is 0.225 e. The van der Waals surface area contributed by atoms with Crippen molar-refractivity contribution in [2.45, 2.75) is 50.6 Å².